The van der Waals surface area contributed by atoms with Crippen LogP contribution in [0.4, 0.5) is 0 Å². The molecule has 2 N–H and O–H groups in total. The summed E-state index contributed by atoms with van der Waals surface area (Å²) >= 11 is 0. The molecule has 1 aliphatic rings. The van der Waals surface area contributed by atoms with Crippen LogP contribution in [-0.2, 0) is 38.0 Å². The van der Waals surface area contributed by atoms with Crippen molar-refractivity contribution in [2.45, 2.75) is 80.1 Å². The quantitative estimate of drug-likeness (QED) is 0.0555. The third-order valence-corrected chi connectivity index (χ3v) is 7.85. The summed E-state index contributed by atoms with van der Waals surface area (Å²) in [5.74, 6) is -0.140. The molecule has 0 aromatic carbocycles. The highest BCUT2D eigenvalue weighted by atomic mass is 16.5. The minimum atomic E-state index is -0.105. The SMILES string of the molecule is CCOCCOCCOCCC(=O)NCCCOCCOCCOCCCNC(=O)/C=C(C)/C=C/C=C(C)/C=C/C1=C(C)CCCC1(C)C. The molecule has 0 spiro atoms. The summed E-state index contributed by atoms with van der Waals surface area (Å²) in [6, 6.07) is 0. The van der Waals surface area contributed by atoms with Crippen molar-refractivity contribution in [3.8, 4) is 0 Å². The molecule has 2 amide bonds. The maximum Gasteiger partial charge on any atom is 0.244 e. The van der Waals surface area contributed by atoms with Gasteiger partial charge in [-0.15, -0.1) is 0 Å². The molecule has 10 nitrogen and oxygen atoms in total. The van der Waals surface area contributed by atoms with E-state index in [0.717, 1.165) is 18.4 Å². The summed E-state index contributed by atoms with van der Waals surface area (Å²) in [5, 5.41) is 5.76. The summed E-state index contributed by atoms with van der Waals surface area (Å²) < 4.78 is 32.6. The lowest BCUT2D eigenvalue weighted by Crippen LogP contribution is -2.26. The zero-order valence-electron chi connectivity index (χ0n) is 31.4. The van der Waals surface area contributed by atoms with E-state index in [1.165, 1.54) is 36.0 Å². The number of carbonyl (C=O) groups excluding carboxylic acids is 2. The average Bonchev–Trinajstić information content (AvgIpc) is 3.05. The summed E-state index contributed by atoms with van der Waals surface area (Å²) in [5.41, 5.74) is 5.26. The fourth-order valence-corrected chi connectivity index (χ4v) is 5.11. The van der Waals surface area contributed by atoms with E-state index in [4.69, 9.17) is 28.4 Å². The van der Waals surface area contributed by atoms with Crippen LogP contribution in [0.15, 0.2) is 58.7 Å². The zero-order chi connectivity index (χ0) is 36.0. The molecule has 1 aliphatic carbocycles. The number of rotatable bonds is 29. The third-order valence-electron chi connectivity index (χ3n) is 7.85. The number of hydrogen-bond donors (Lipinski definition) is 2. The van der Waals surface area contributed by atoms with Crippen LogP contribution in [0.25, 0.3) is 0 Å². The Hall–Kier alpha value is -2.60. The first-order valence-corrected chi connectivity index (χ1v) is 18.1. The van der Waals surface area contributed by atoms with Crippen LogP contribution in [0.3, 0.4) is 0 Å². The van der Waals surface area contributed by atoms with E-state index in [-0.39, 0.29) is 17.2 Å². The van der Waals surface area contributed by atoms with Crippen molar-refractivity contribution in [2.24, 2.45) is 5.41 Å². The van der Waals surface area contributed by atoms with Crippen LogP contribution >= 0.6 is 0 Å². The van der Waals surface area contributed by atoms with Crippen LogP contribution in [0.1, 0.15) is 80.1 Å². The minimum absolute atomic E-state index is 0.0348. The van der Waals surface area contributed by atoms with Gasteiger partial charge in [0, 0.05) is 45.4 Å². The van der Waals surface area contributed by atoms with Crippen molar-refractivity contribution < 1.29 is 38.0 Å². The topological polar surface area (TPSA) is 114 Å². The lowest BCUT2D eigenvalue weighted by atomic mass is 9.72. The molecule has 0 bridgehead atoms. The van der Waals surface area contributed by atoms with E-state index in [2.05, 4.69) is 56.6 Å². The molecular formula is C39H66N2O8. The molecule has 0 heterocycles. The van der Waals surface area contributed by atoms with Crippen LogP contribution in [0.2, 0.25) is 0 Å². The number of carbonyl (C=O) groups is 2. The number of nitrogens with one attached hydrogen (secondary N) is 2. The first-order valence-electron chi connectivity index (χ1n) is 18.1. The van der Waals surface area contributed by atoms with Crippen LogP contribution in [-0.4, -0.2) is 104 Å². The Bertz CT molecular complexity index is 1060. The first kappa shape index (κ1) is 44.4. The Labute approximate surface area is 296 Å². The van der Waals surface area contributed by atoms with E-state index < -0.39 is 0 Å². The number of ether oxygens (including phenoxy) is 6. The van der Waals surface area contributed by atoms with Crippen LogP contribution in [0, 0.1) is 5.41 Å². The molecular weight excluding hydrogens is 624 g/mol. The highest BCUT2D eigenvalue weighted by Gasteiger charge is 2.26. The van der Waals surface area contributed by atoms with E-state index in [1.807, 2.05) is 26.0 Å². The Morgan fingerprint density at radius 1 is 0.735 bits per heavy atom. The fraction of sp³-hybridized carbons (Fsp3) is 0.692. The van der Waals surface area contributed by atoms with Gasteiger partial charge in [-0.25, -0.2) is 0 Å². The Morgan fingerprint density at radius 2 is 1.29 bits per heavy atom. The van der Waals surface area contributed by atoms with Gasteiger partial charge in [0.05, 0.1) is 59.5 Å². The zero-order valence-corrected chi connectivity index (χ0v) is 31.4. The normalized spacial score (nSPS) is 15.5. The van der Waals surface area contributed by atoms with Gasteiger partial charge >= 0.3 is 0 Å². The molecule has 10 heteroatoms. The standard InChI is InChI=1S/C39H66N2O8/c1-7-44-24-25-48-31-28-47-23-17-37(42)40-19-10-21-45-26-29-49-30-27-46-22-11-20-41-38(43)32-34(3)13-8-12-33(2)15-16-36-35(4)14-9-18-39(36,5)6/h8,12-13,15-16,32H,7,9-11,14,17-31H2,1-6H3,(H,40,42)(H,41,43)/b13-8+,16-15+,33-12+,34-32+. The Kier molecular flexibility index (Phi) is 26.4. The average molecular weight is 691 g/mol. The summed E-state index contributed by atoms with van der Waals surface area (Å²) in [4.78, 5) is 24.0. The number of amides is 2. The second-order valence-electron chi connectivity index (χ2n) is 12.8. The van der Waals surface area contributed by atoms with Crippen molar-refractivity contribution in [2.75, 3.05) is 92.4 Å². The van der Waals surface area contributed by atoms with E-state index in [9.17, 15) is 9.59 Å². The van der Waals surface area contributed by atoms with E-state index in [1.54, 1.807) is 6.08 Å². The number of hydrogen-bond acceptors (Lipinski definition) is 8. The molecule has 0 radical (unpaired) electrons. The van der Waals surface area contributed by atoms with E-state index in [0.29, 0.717) is 98.8 Å². The molecule has 280 valence electrons. The summed E-state index contributed by atoms with van der Waals surface area (Å²) in [6.07, 6.45) is 17.6. The Balaban J connectivity index is 1.95. The largest absolute Gasteiger partial charge is 0.379 e. The highest BCUT2D eigenvalue weighted by Crippen LogP contribution is 2.40. The first-order chi connectivity index (χ1) is 23.7. The molecule has 0 aromatic rings. The fourth-order valence-electron chi connectivity index (χ4n) is 5.11. The maximum atomic E-state index is 12.2. The van der Waals surface area contributed by atoms with Gasteiger partial charge < -0.3 is 39.1 Å². The van der Waals surface area contributed by atoms with Gasteiger partial charge in [-0.1, -0.05) is 55.4 Å². The molecule has 1 rings (SSSR count). The van der Waals surface area contributed by atoms with Crippen molar-refractivity contribution in [1.82, 2.24) is 10.6 Å². The molecule has 49 heavy (non-hydrogen) atoms. The van der Waals surface area contributed by atoms with Gasteiger partial charge in [-0.05, 0) is 76.4 Å². The van der Waals surface area contributed by atoms with Gasteiger partial charge in [0.25, 0.3) is 0 Å². The molecule has 0 saturated carbocycles. The minimum Gasteiger partial charge on any atom is -0.379 e. The third kappa shape index (κ3) is 25.1. The smallest absolute Gasteiger partial charge is 0.244 e. The number of allylic oxidation sites excluding steroid dienone is 9. The van der Waals surface area contributed by atoms with Gasteiger partial charge in [-0.3, -0.25) is 9.59 Å². The van der Waals surface area contributed by atoms with Crippen molar-refractivity contribution >= 4 is 11.8 Å². The molecule has 0 aromatic heterocycles. The molecule has 0 unspecified atom stereocenters. The molecule has 0 fully saturated rings. The van der Waals surface area contributed by atoms with Gasteiger partial charge in [-0.2, -0.15) is 0 Å². The lowest BCUT2D eigenvalue weighted by molar-refractivity contribution is -0.122. The summed E-state index contributed by atoms with van der Waals surface area (Å²) in [7, 11) is 0. The maximum absolute atomic E-state index is 12.2. The second kappa shape index (κ2) is 29.2. The summed E-state index contributed by atoms with van der Waals surface area (Å²) in [6.45, 7) is 20.2. The van der Waals surface area contributed by atoms with Crippen molar-refractivity contribution in [3.05, 3.63) is 58.7 Å². The molecule has 0 atom stereocenters. The second-order valence-corrected chi connectivity index (χ2v) is 12.8. The van der Waals surface area contributed by atoms with Gasteiger partial charge in [0.15, 0.2) is 0 Å². The Morgan fingerprint density at radius 3 is 1.88 bits per heavy atom. The van der Waals surface area contributed by atoms with Gasteiger partial charge in [0.1, 0.15) is 0 Å². The van der Waals surface area contributed by atoms with E-state index >= 15 is 0 Å². The van der Waals surface area contributed by atoms with Crippen molar-refractivity contribution in [3.63, 3.8) is 0 Å². The van der Waals surface area contributed by atoms with Crippen LogP contribution in [0.5, 0.6) is 0 Å². The van der Waals surface area contributed by atoms with Gasteiger partial charge in [0.2, 0.25) is 11.8 Å². The van der Waals surface area contributed by atoms with Crippen LogP contribution < -0.4 is 10.6 Å². The predicted molar refractivity (Wildman–Crippen MR) is 197 cm³/mol. The lowest BCUT2D eigenvalue weighted by Gasteiger charge is -2.32. The highest BCUT2D eigenvalue weighted by molar-refractivity contribution is 5.88. The molecule has 0 saturated heterocycles. The monoisotopic (exact) mass is 690 g/mol. The van der Waals surface area contributed by atoms with Crippen molar-refractivity contribution in [1.29, 1.82) is 0 Å². The molecule has 0 aliphatic heterocycles. The predicted octanol–water partition coefficient (Wildman–Crippen LogP) is 6.04.